The lowest BCUT2D eigenvalue weighted by molar-refractivity contribution is 0.0500. The van der Waals surface area contributed by atoms with Crippen molar-refractivity contribution in [2.24, 2.45) is 0 Å². The first kappa shape index (κ1) is 24.7. The quantitative estimate of drug-likeness (QED) is 0.316. The molecule has 0 saturated heterocycles. The molecule has 0 spiro atoms. The minimum Gasteiger partial charge on any atom is -0.467 e. The Labute approximate surface area is 185 Å². The Morgan fingerprint density at radius 3 is 2.27 bits per heavy atom. The third-order valence-corrected chi connectivity index (χ3v) is 7.89. The van der Waals surface area contributed by atoms with Crippen LogP contribution >= 0.6 is 8.58 Å². The van der Waals surface area contributed by atoms with Crippen LogP contribution in [0.25, 0.3) is 0 Å². The van der Waals surface area contributed by atoms with E-state index in [0.717, 1.165) is 12.2 Å². The van der Waals surface area contributed by atoms with Crippen LogP contribution in [0, 0.1) is 13.8 Å². The van der Waals surface area contributed by atoms with Gasteiger partial charge in [0.15, 0.2) is 6.79 Å². The molecule has 0 fully saturated rings. The molecule has 2 atom stereocenters. The highest BCUT2D eigenvalue weighted by Crippen LogP contribution is 2.49. The molecule has 166 valence electrons. The molecule has 3 nitrogen and oxygen atoms in total. The molecule has 0 bridgehead atoms. The van der Waals surface area contributed by atoms with Crippen molar-refractivity contribution < 1.29 is 9.47 Å². The second kappa shape index (κ2) is 10.6. The van der Waals surface area contributed by atoms with Gasteiger partial charge in [0.1, 0.15) is 5.75 Å². The van der Waals surface area contributed by atoms with Gasteiger partial charge in [0.2, 0.25) is 0 Å². The number of methoxy groups -OCH3 is 1. The number of benzene rings is 2. The van der Waals surface area contributed by atoms with Gasteiger partial charge in [-0.15, -0.1) is 0 Å². The number of ether oxygens (including phenoxy) is 2. The molecule has 30 heavy (non-hydrogen) atoms. The first-order valence-electron chi connectivity index (χ1n) is 11.0. The lowest BCUT2D eigenvalue weighted by Crippen LogP contribution is -2.40. The van der Waals surface area contributed by atoms with Crippen LogP contribution in [0.3, 0.4) is 0 Å². The van der Waals surface area contributed by atoms with Crippen LogP contribution in [-0.4, -0.2) is 26.0 Å². The number of hydrogen-bond acceptors (Lipinski definition) is 3. The zero-order valence-corrected chi connectivity index (χ0v) is 21.3. The summed E-state index contributed by atoms with van der Waals surface area (Å²) in [6.45, 7) is 18.5. The zero-order valence-electron chi connectivity index (χ0n) is 20.3. The van der Waals surface area contributed by atoms with Gasteiger partial charge in [-0.3, -0.25) is 0 Å². The number of nitrogens with zero attached hydrogens (tertiary/aromatic N) is 1. The third kappa shape index (κ3) is 5.56. The Bertz CT molecular complexity index is 826. The van der Waals surface area contributed by atoms with E-state index < -0.39 is 0 Å². The summed E-state index contributed by atoms with van der Waals surface area (Å²) < 4.78 is 11.2. The second-order valence-corrected chi connectivity index (χ2v) is 10.8. The van der Waals surface area contributed by atoms with Crippen molar-refractivity contribution in [3.8, 4) is 5.75 Å². The summed E-state index contributed by atoms with van der Waals surface area (Å²) in [4.78, 5) is 2.55. The van der Waals surface area contributed by atoms with Crippen molar-refractivity contribution in [3.05, 3.63) is 53.1 Å². The monoisotopic (exact) mass is 429 g/mol. The molecule has 0 aliphatic carbocycles. The van der Waals surface area contributed by atoms with Crippen molar-refractivity contribution >= 4 is 19.6 Å². The lowest BCUT2D eigenvalue weighted by atomic mass is 9.95. The standard InChI is InChI=1S/C26H40NO2P/c1-10-26(8,22-16-20(6)14-15-24(22)29-17-28-9)30-25-21(7)12-11-13-23(25)27(18(2)3)19(4)5/h11-16,18-19,30H,10,17H2,1-9H3. The molecule has 0 saturated carbocycles. The van der Waals surface area contributed by atoms with E-state index in [1.807, 2.05) is 0 Å². The van der Waals surface area contributed by atoms with Gasteiger partial charge in [-0.25, -0.2) is 0 Å². The van der Waals surface area contributed by atoms with Gasteiger partial charge in [0, 0.05) is 35.6 Å². The highest BCUT2D eigenvalue weighted by molar-refractivity contribution is 7.49. The number of hydrogen-bond donors (Lipinski definition) is 0. The normalized spacial score (nSPS) is 14.0. The van der Waals surface area contributed by atoms with E-state index in [-0.39, 0.29) is 11.9 Å². The summed E-state index contributed by atoms with van der Waals surface area (Å²) in [5, 5.41) is 1.44. The minimum atomic E-state index is -0.0183. The first-order valence-corrected chi connectivity index (χ1v) is 12.0. The highest BCUT2D eigenvalue weighted by atomic mass is 31.1. The van der Waals surface area contributed by atoms with Crippen LogP contribution in [0.2, 0.25) is 0 Å². The maximum atomic E-state index is 5.98. The molecule has 0 aromatic heterocycles. The summed E-state index contributed by atoms with van der Waals surface area (Å²) in [5.74, 6) is 0.930. The van der Waals surface area contributed by atoms with E-state index in [1.54, 1.807) is 7.11 Å². The molecule has 0 heterocycles. The van der Waals surface area contributed by atoms with Gasteiger partial charge < -0.3 is 14.4 Å². The zero-order chi connectivity index (χ0) is 22.5. The van der Waals surface area contributed by atoms with E-state index in [9.17, 15) is 0 Å². The predicted octanol–water partition coefficient (Wildman–Crippen LogP) is 6.54. The minimum absolute atomic E-state index is 0.0183. The molecule has 2 aromatic rings. The second-order valence-electron chi connectivity index (χ2n) is 8.92. The Morgan fingerprint density at radius 2 is 1.70 bits per heavy atom. The van der Waals surface area contributed by atoms with Gasteiger partial charge in [-0.1, -0.05) is 52.3 Å². The molecule has 0 N–H and O–H groups in total. The molecular weight excluding hydrogens is 389 g/mol. The fourth-order valence-corrected chi connectivity index (χ4v) is 5.81. The van der Waals surface area contributed by atoms with E-state index >= 15 is 0 Å². The van der Waals surface area contributed by atoms with Gasteiger partial charge in [-0.05, 0) is 71.0 Å². The molecule has 0 amide bonds. The highest BCUT2D eigenvalue weighted by Gasteiger charge is 2.31. The average Bonchev–Trinajstić information content (AvgIpc) is 2.69. The summed E-state index contributed by atoms with van der Waals surface area (Å²) in [5.41, 5.74) is 5.26. The summed E-state index contributed by atoms with van der Waals surface area (Å²) >= 11 is 0. The Kier molecular flexibility index (Phi) is 8.76. The van der Waals surface area contributed by atoms with E-state index in [1.165, 1.54) is 27.7 Å². The van der Waals surface area contributed by atoms with Crippen molar-refractivity contribution in [3.63, 3.8) is 0 Å². The maximum absolute atomic E-state index is 5.98. The number of anilines is 1. The van der Waals surface area contributed by atoms with Crippen LogP contribution in [0.15, 0.2) is 36.4 Å². The molecule has 0 aliphatic rings. The molecule has 2 unspecified atom stereocenters. The SMILES string of the molecule is CCC(C)(Pc1c(C)cccc1N(C(C)C)C(C)C)c1cc(C)ccc1OCOC. The molecular formula is C26H40NO2P. The third-order valence-electron chi connectivity index (χ3n) is 5.81. The van der Waals surface area contributed by atoms with Gasteiger partial charge >= 0.3 is 0 Å². The summed E-state index contributed by atoms with van der Waals surface area (Å²) in [7, 11) is 2.30. The van der Waals surface area contributed by atoms with Gasteiger partial charge in [0.25, 0.3) is 0 Å². The van der Waals surface area contributed by atoms with Crippen molar-refractivity contribution in [1.82, 2.24) is 0 Å². The van der Waals surface area contributed by atoms with E-state index in [0.29, 0.717) is 20.7 Å². The maximum Gasteiger partial charge on any atom is 0.188 e. The lowest BCUT2D eigenvalue weighted by Gasteiger charge is -2.38. The molecule has 2 aromatic carbocycles. The largest absolute Gasteiger partial charge is 0.467 e. The van der Waals surface area contributed by atoms with Gasteiger partial charge in [0.05, 0.1) is 0 Å². The van der Waals surface area contributed by atoms with Crippen LogP contribution in [0.1, 0.15) is 64.7 Å². The molecule has 0 radical (unpaired) electrons. The van der Waals surface area contributed by atoms with E-state index in [4.69, 9.17) is 9.47 Å². The fraction of sp³-hybridized carbons (Fsp3) is 0.538. The van der Waals surface area contributed by atoms with Crippen LogP contribution in [0.5, 0.6) is 5.75 Å². The Morgan fingerprint density at radius 1 is 1.03 bits per heavy atom. The fourth-order valence-electron chi connectivity index (χ4n) is 4.13. The Balaban J connectivity index is 2.59. The van der Waals surface area contributed by atoms with Crippen molar-refractivity contribution in [2.45, 2.75) is 79.1 Å². The van der Waals surface area contributed by atoms with Crippen LogP contribution < -0.4 is 14.9 Å². The Hall–Kier alpha value is -1.57. The van der Waals surface area contributed by atoms with E-state index in [2.05, 4.69) is 96.7 Å². The first-order chi connectivity index (χ1) is 14.1. The van der Waals surface area contributed by atoms with Crippen molar-refractivity contribution in [2.75, 3.05) is 18.8 Å². The molecule has 0 aliphatic heterocycles. The predicted molar refractivity (Wildman–Crippen MR) is 133 cm³/mol. The van der Waals surface area contributed by atoms with Crippen LogP contribution in [0.4, 0.5) is 5.69 Å². The summed E-state index contributed by atoms with van der Waals surface area (Å²) in [6.07, 6.45) is 1.04. The van der Waals surface area contributed by atoms with Gasteiger partial charge in [-0.2, -0.15) is 0 Å². The smallest absolute Gasteiger partial charge is 0.188 e. The summed E-state index contributed by atoms with van der Waals surface area (Å²) in [6, 6.07) is 14.1. The number of aryl methyl sites for hydroxylation is 2. The number of rotatable bonds is 10. The topological polar surface area (TPSA) is 21.7 Å². The average molecular weight is 430 g/mol. The molecule has 2 rings (SSSR count). The van der Waals surface area contributed by atoms with Crippen molar-refractivity contribution in [1.29, 1.82) is 0 Å². The molecule has 4 heteroatoms. The van der Waals surface area contributed by atoms with Crippen LogP contribution in [-0.2, 0) is 9.89 Å².